The van der Waals surface area contributed by atoms with Crippen molar-refractivity contribution >= 4 is 5.65 Å². The maximum absolute atomic E-state index is 4.73. The molecule has 0 N–H and O–H groups in total. The summed E-state index contributed by atoms with van der Waals surface area (Å²) in [4.78, 5) is 11.7. The quantitative estimate of drug-likeness (QED) is 0.741. The number of aryl methyl sites for hydroxylation is 2. The van der Waals surface area contributed by atoms with Gasteiger partial charge in [0.05, 0.1) is 12.2 Å². The fourth-order valence-corrected chi connectivity index (χ4v) is 3.52. The van der Waals surface area contributed by atoms with Gasteiger partial charge in [0.15, 0.2) is 0 Å². The van der Waals surface area contributed by atoms with Crippen LogP contribution in [-0.4, -0.2) is 41.6 Å². The van der Waals surface area contributed by atoms with Crippen LogP contribution in [0.15, 0.2) is 30.6 Å². The van der Waals surface area contributed by atoms with Gasteiger partial charge in [0.2, 0.25) is 0 Å². The summed E-state index contributed by atoms with van der Waals surface area (Å²) in [6.45, 7) is 6.93. The van der Waals surface area contributed by atoms with Crippen LogP contribution in [0.5, 0.6) is 0 Å². The van der Waals surface area contributed by atoms with Crippen molar-refractivity contribution in [3.63, 3.8) is 0 Å². The SMILES string of the molecule is Cc1nc(C)n(CC2CCCN2Cc2cn3ccccc3n2)n1. The molecule has 3 aromatic heterocycles. The van der Waals surface area contributed by atoms with E-state index in [9.17, 15) is 0 Å². The summed E-state index contributed by atoms with van der Waals surface area (Å²) in [5.41, 5.74) is 2.15. The second kappa shape index (κ2) is 5.77. The van der Waals surface area contributed by atoms with Crippen LogP contribution >= 0.6 is 0 Å². The monoisotopic (exact) mass is 310 g/mol. The van der Waals surface area contributed by atoms with Crippen molar-refractivity contribution in [3.05, 3.63) is 47.9 Å². The number of hydrogen-bond acceptors (Lipinski definition) is 4. The lowest BCUT2D eigenvalue weighted by atomic mass is 10.2. The van der Waals surface area contributed by atoms with Gasteiger partial charge < -0.3 is 4.40 Å². The molecule has 0 spiro atoms. The summed E-state index contributed by atoms with van der Waals surface area (Å²) in [7, 11) is 0. The molecule has 0 amide bonds. The predicted molar refractivity (Wildman–Crippen MR) is 88.1 cm³/mol. The molecule has 0 aromatic carbocycles. The van der Waals surface area contributed by atoms with Crippen molar-refractivity contribution in [3.8, 4) is 0 Å². The molecule has 23 heavy (non-hydrogen) atoms. The highest BCUT2D eigenvalue weighted by Crippen LogP contribution is 2.21. The number of imidazole rings is 1. The van der Waals surface area contributed by atoms with Crippen LogP contribution in [0.3, 0.4) is 0 Å². The summed E-state index contributed by atoms with van der Waals surface area (Å²) in [5.74, 6) is 1.86. The van der Waals surface area contributed by atoms with E-state index in [4.69, 9.17) is 4.98 Å². The molecule has 6 heteroatoms. The van der Waals surface area contributed by atoms with Crippen LogP contribution < -0.4 is 0 Å². The molecule has 1 saturated heterocycles. The Balaban J connectivity index is 1.50. The van der Waals surface area contributed by atoms with Crippen molar-refractivity contribution in [2.24, 2.45) is 0 Å². The van der Waals surface area contributed by atoms with Crippen molar-refractivity contribution in [2.45, 2.75) is 45.8 Å². The molecular weight excluding hydrogens is 288 g/mol. The highest BCUT2D eigenvalue weighted by molar-refractivity contribution is 5.39. The zero-order valence-electron chi connectivity index (χ0n) is 13.7. The van der Waals surface area contributed by atoms with Crippen LogP contribution in [0.4, 0.5) is 0 Å². The molecule has 6 nitrogen and oxygen atoms in total. The molecule has 3 aromatic rings. The number of likely N-dealkylation sites (tertiary alicyclic amines) is 1. The molecule has 1 fully saturated rings. The number of nitrogens with zero attached hydrogens (tertiary/aromatic N) is 6. The average Bonchev–Trinajstić information content (AvgIpc) is 3.20. The third-order valence-electron chi connectivity index (χ3n) is 4.62. The van der Waals surface area contributed by atoms with Crippen LogP contribution in [0.1, 0.15) is 30.2 Å². The maximum Gasteiger partial charge on any atom is 0.147 e. The first-order valence-electron chi connectivity index (χ1n) is 8.24. The Labute approximate surface area is 135 Å². The smallest absolute Gasteiger partial charge is 0.147 e. The van der Waals surface area contributed by atoms with Crippen LogP contribution in [0.25, 0.3) is 5.65 Å². The van der Waals surface area contributed by atoms with E-state index in [0.717, 1.165) is 42.6 Å². The minimum atomic E-state index is 0.514. The van der Waals surface area contributed by atoms with E-state index in [1.54, 1.807) is 0 Å². The minimum Gasteiger partial charge on any atom is -0.307 e. The standard InChI is InChI=1S/C17H22N6/c1-13-18-14(2)23(20-13)12-16-6-5-9-21(16)10-15-11-22-8-4-3-7-17(22)19-15/h3-4,7-8,11,16H,5-6,9-10,12H2,1-2H3. The van der Waals surface area contributed by atoms with Gasteiger partial charge in [0, 0.05) is 25.0 Å². The first-order chi connectivity index (χ1) is 11.2. The molecule has 1 aliphatic rings. The third-order valence-corrected chi connectivity index (χ3v) is 4.62. The van der Waals surface area contributed by atoms with Gasteiger partial charge in [-0.05, 0) is 45.4 Å². The maximum atomic E-state index is 4.73. The third kappa shape index (κ3) is 2.86. The second-order valence-corrected chi connectivity index (χ2v) is 6.35. The summed E-state index contributed by atoms with van der Waals surface area (Å²) < 4.78 is 4.13. The van der Waals surface area contributed by atoms with Crippen LogP contribution in [0, 0.1) is 13.8 Å². The van der Waals surface area contributed by atoms with Gasteiger partial charge in [-0.1, -0.05) is 6.07 Å². The minimum absolute atomic E-state index is 0.514. The summed E-state index contributed by atoms with van der Waals surface area (Å²) in [6, 6.07) is 6.62. The van der Waals surface area contributed by atoms with E-state index < -0.39 is 0 Å². The zero-order chi connectivity index (χ0) is 15.8. The van der Waals surface area contributed by atoms with Gasteiger partial charge in [0.25, 0.3) is 0 Å². The van der Waals surface area contributed by atoms with E-state index in [2.05, 4.69) is 31.8 Å². The molecule has 0 bridgehead atoms. The molecule has 4 rings (SSSR count). The summed E-state index contributed by atoms with van der Waals surface area (Å²) in [5, 5.41) is 4.51. The second-order valence-electron chi connectivity index (χ2n) is 6.35. The molecule has 1 unspecified atom stereocenters. The fourth-order valence-electron chi connectivity index (χ4n) is 3.52. The molecule has 0 aliphatic carbocycles. The lowest BCUT2D eigenvalue weighted by Gasteiger charge is -2.23. The number of pyridine rings is 1. The first kappa shape index (κ1) is 14.4. The first-order valence-corrected chi connectivity index (χ1v) is 8.24. The Hall–Kier alpha value is -2.21. The lowest BCUT2D eigenvalue weighted by Crippen LogP contribution is -2.33. The molecule has 1 atom stereocenters. The Morgan fingerprint density at radius 1 is 1.22 bits per heavy atom. The Bertz CT molecular complexity index is 784. The van der Waals surface area contributed by atoms with Gasteiger partial charge in [-0.3, -0.25) is 4.90 Å². The largest absolute Gasteiger partial charge is 0.307 e. The number of fused-ring (bicyclic) bond motifs is 1. The lowest BCUT2D eigenvalue weighted by molar-refractivity contribution is 0.216. The highest BCUT2D eigenvalue weighted by atomic mass is 15.4. The van der Waals surface area contributed by atoms with E-state index >= 15 is 0 Å². The number of hydrogen-bond donors (Lipinski definition) is 0. The summed E-state index contributed by atoms with van der Waals surface area (Å²) >= 11 is 0. The van der Waals surface area contributed by atoms with E-state index in [-0.39, 0.29) is 0 Å². The van der Waals surface area contributed by atoms with Gasteiger partial charge in [-0.25, -0.2) is 14.6 Å². The number of aromatic nitrogens is 5. The van der Waals surface area contributed by atoms with E-state index in [0.29, 0.717) is 6.04 Å². The van der Waals surface area contributed by atoms with Crippen LogP contribution in [0.2, 0.25) is 0 Å². The van der Waals surface area contributed by atoms with Crippen LogP contribution in [-0.2, 0) is 13.1 Å². The van der Waals surface area contributed by atoms with Gasteiger partial charge in [-0.2, -0.15) is 5.10 Å². The fraction of sp³-hybridized carbons (Fsp3) is 0.471. The Kier molecular flexibility index (Phi) is 3.61. The van der Waals surface area contributed by atoms with Gasteiger partial charge >= 0.3 is 0 Å². The molecule has 1 aliphatic heterocycles. The van der Waals surface area contributed by atoms with Crippen molar-refractivity contribution < 1.29 is 0 Å². The average molecular weight is 310 g/mol. The van der Waals surface area contributed by atoms with Gasteiger partial charge in [0.1, 0.15) is 17.3 Å². The predicted octanol–water partition coefficient (Wildman–Crippen LogP) is 2.21. The van der Waals surface area contributed by atoms with E-state index in [1.165, 1.54) is 12.8 Å². The topological polar surface area (TPSA) is 51.2 Å². The summed E-state index contributed by atoms with van der Waals surface area (Å²) in [6.07, 6.45) is 6.64. The molecule has 0 radical (unpaired) electrons. The van der Waals surface area contributed by atoms with Gasteiger partial charge in [-0.15, -0.1) is 0 Å². The normalized spacial score (nSPS) is 19.0. The molecule has 4 heterocycles. The van der Waals surface area contributed by atoms with Crippen molar-refractivity contribution in [1.29, 1.82) is 0 Å². The zero-order valence-corrected chi connectivity index (χ0v) is 13.7. The Morgan fingerprint density at radius 2 is 2.13 bits per heavy atom. The van der Waals surface area contributed by atoms with Crippen molar-refractivity contribution in [1.82, 2.24) is 29.0 Å². The molecule has 0 saturated carbocycles. The van der Waals surface area contributed by atoms with E-state index in [1.807, 2.05) is 36.7 Å². The van der Waals surface area contributed by atoms with Crippen molar-refractivity contribution in [2.75, 3.05) is 6.54 Å². The number of rotatable bonds is 4. The molecular formula is C17H22N6. The highest BCUT2D eigenvalue weighted by Gasteiger charge is 2.26. The Morgan fingerprint density at radius 3 is 2.91 bits per heavy atom. The molecule has 120 valence electrons.